The van der Waals surface area contributed by atoms with E-state index in [2.05, 4.69) is 12.1 Å². The monoisotopic (exact) mass is 289 g/mol. The zero-order valence-electron chi connectivity index (χ0n) is 11.0. The smallest absolute Gasteiger partial charge is 0.129 e. The Morgan fingerprint density at radius 3 is 2.60 bits per heavy atom. The van der Waals surface area contributed by atoms with Crippen LogP contribution in [0.1, 0.15) is 17.5 Å². The van der Waals surface area contributed by atoms with E-state index in [0.717, 1.165) is 12.8 Å². The second kappa shape index (κ2) is 7.01. The second-order valence-electron chi connectivity index (χ2n) is 4.44. The lowest BCUT2D eigenvalue weighted by atomic mass is 10.1. The number of hydrogen-bond acceptors (Lipinski definition) is 2. The molecule has 2 aromatic rings. The van der Waals surface area contributed by atoms with Crippen LogP contribution in [-0.2, 0) is 6.42 Å². The zero-order chi connectivity index (χ0) is 14.4. The van der Waals surface area contributed by atoms with E-state index in [1.165, 1.54) is 17.7 Å². The third-order valence-corrected chi connectivity index (χ3v) is 3.14. The summed E-state index contributed by atoms with van der Waals surface area (Å²) in [7, 11) is 0. The highest BCUT2D eigenvalue weighted by atomic mass is 32.1. The summed E-state index contributed by atoms with van der Waals surface area (Å²) in [6.07, 6.45) is 1.81. The van der Waals surface area contributed by atoms with Crippen molar-refractivity contribution in [3.8, 4) is 5.75 Å². The average molecular weight is 289 g/mol. The Balaban J connectivity index is 1.90. The minimum Gasteiger partial charge on any atom is -0.493 e. The lowest BCUT2D eigenvalue weighted by Crippen LogP contribution is -2.12. The van der Waals surface area contributed by atoms with E-state index in [0.29, 0.717) is 17.9 Å². The molecule has 0 unspecified atom stereocenters. The molecule has 2 nitrogen and oxygen atoms in total. The molecule has 0 bridgehead atoms. The summed E-state index contributed by atoms with van der Waals surface area (Å²) in [6.45, 7) is 0.538. The van der Waals surface area contributed by atoms with Crippen molar-refractivity contribution in [2.24, 2.45) is 5.73 Å². The van der Waals surface area contributed by atoms with Crippen LogP contribution in [0.25, 0.3) is 0 Å². The molecule has 2 N–H and O–H groups in total. The molecule has 2 aromatic carbocycles. The Bertz CT molecular complexity index is 586. The molecule has 0 aliphatic rings. The summed E-state index contributed by atoms with van der Waals surface area (Å²) < 4.78 is 18.8. The Labute approximate surface area is 123 Å². The number of thiocarbonyl (C=S) groups is 1. The fourth-order valence-corrected chi connectivity index (χ4v) is 2.08. The molecule has 20 heavy (non-hydrogen) atoms. The molecule has 104 valence electrons. The van der Waals surface area contributed by atoms with Gasteiger partial charge in [0.05, 0.1) is 12.2 Å². The first kappa shape index (κ1) is 14.5. The van der Waals surface area contributed by atoms with Crippen LogP contribution in [0.15, 0.2) is 48.5 Å². The van der Waals surface area contributed by atoms with Crippen molar-refractivity contribution in [1.82, 2.24) is 0 Å². The molecule has 0 atom stereocenters. The highest BCUT2D eigenvalue weighted by Crippen LogP contribution is 2.20. The van der Waals surface area contributed by atoms with Crippen molar-refractivity contribution in [3.05, 3.63) is 65.5 Å². The quantitative estimate of drug-likeness (QED) is 0.653. The van der Waals surface area contributed by atoms with Crippen LogP contribution in [0.3, 0.4) is 0 Å². The third-order valence-electron chi connectivity index (χ3n) is 2.92. The minimum absolute atomic E-state index is 0.141. The molecule has 0 heterocycles. The number of rotatable bonds is 6. The molecule has 0 aliphatic carbocycles. The van der Waals surface area contributed by atoms with Gasteiger partial charge in [0.2, 0.25) is 0 Å². The zero-order valence-corrected chi connectivity index (χ0v) is 11.8. The van der Waals surface area contributed by atoms with Crippen LogP contribution in [0.2, 0.25) is 0 Å². The first-order valence-electron chi connectivity index (χ1n) is 6.43. The molecule has 0 saturated heterocycles. The maximum absolute atomic E-state index is 13.1. The number of nitrogens with two attached hydrogens (primary N) is 1. The summed E-state index contributed by atoms with van der Waals surface area (Å²) in [6, 6.07) is 14.4. The predicted molar refractivity (Wildman–Crippen MR) is 82.5 cm³/mol. The van der Waals surface area contributed by atoms with Gasteiger partial charge < -0.3 is 10.5 Å². The molecule has 0 spiro atoms. The summed E-state index contributed by atoms with van der Waals surface area (Å²) in [4.78, 5) is 0.141. The van der Waals surface area contributed by atoms with Gasteiger partial charge in [-0.25, -0.2) is 4.39 Å². The van der Waals surface area contributed by atoms with Crippen LogP contribution < -0.4 is 10.5 Å². The van der Waals surface area contributed by atoms with Crippen LogP contribution >= 0.6 is 12.2 Å². The summed E-state index contributed by atoms with van der Waals surface area (Å²) >= 11 is 4.90. The van der Waals surface area contributed by atoms with Gasteiger partial charge in [-0.3, -0.25) is 0 Å². The van der Waals surface area contributed by atoms with E-state index in [9.17, 15) is 4.39 Å². The molecule has 0 amide bonds. The fourth-order valence-electron chi connectivity index (χ4n) is 1.92. The van der Waals surface area contributed by atoms with Crippen LogP contribution in [0, 0.1) is 5.82 Å². The SMILES string of the molecule is NC(=S)c1cc(F)ccc1OCCCc1ccccc1. The van der Waals surface area contributed by atoms with Crippen LogP contribution in [0.5, 0.6) is 5.75 Å². The topological polar surface area (TPSA) is 35.2 Å². The molecular weight excluding hydrogens is 273 g/mol. The van der Waals surface area contributed by atoms with Gasteiger partial charge in [-0.15, -0.1) is 0 Å². The van der Waals surface area contributed by atoms with Gasteiger partial charge in [0.25, 0.3) is 0 Å². The third kappa shape index (κ3) is 4.03. The summed E-state index contributed by atoms with van der Waals surface area (Å²) in [5.41, 5.74) is 7.28. The molecule has 2 rings (SSSR count). The fraction of sp³-hybridized carbons (Fsp3) is 0.188. The van der Waals surface area contributed by atoms with E-state index in [-0.39, 0.29) is 10.8 Å². The van der Waals surface area contributed by atoms with Crippen LogP contribution in [0.4, 0.5) is 4.39 Å². The second-order valence-corrected chi connectivity index (χ2v) is 4.88. The van der Waals surface area contributed by atoms with E-state index in [1.807, 2.05) is 18.2 Å². The number of benzene rings is 2. The molecule has 0 aliphatic heterocycles. The highest BCUT2D eigenvalue weighted by Gasteiger charge is 2.08. The molecular formula is C16H16FNOS. The minimum atomic E-state index is -0.371. The number of hydrogen-bond donors (Lipinski definition) is 1. The van der Waals surface area contributed by atoms with E-state index >= 15 is 0 Å². The van der Waals surface area contributed by atoms with Crippen molar-refractivity contribution >= 4 is 17.2 Å². The molecule has 4 heteroatoms. The Morgan fingerprint density at radius 2 is 1.90 bits per heavy atom. The largest absolute Gasteiger partial charge is 0.493 e. The van der Waals surface area contributed by atoms with E-state index < -0.39 is 0 Å². The highest BCUT2D eigenvalue weighted by molar-refractivity contribution is 7.80. The van der Waals surface area contributed by atoms with Gasteiger partial charge in [0, 0.05) is 0 Å². The summed E-state index contributed by atoms with van der Waals surface area (Å²) in [5, 5.41) is 0. The maximum Gasteiger partial charge on any atom is 0.129 e. The van der Waals surface area contributed by atoms with E-state index in [4.69, 9.17) is 22.7 Å². The van der Waals surface area contributed by atoms with Crippen molar-refractivity contribution in [2.75, 3.05) is 6.61 Å². The van der Waals surface area contributed by atoms with Crippen molar-refractivity contribution in [1.29, 1.82) is 0 Å². The van der Waals surface area contributed by atoms with Gasteiger partial charge in [-0.05, 0) is 36.6 Å². The van der Waals surface area contributed by atoms with Gasteiger partial charge in [0.15, 0.2) is 0 Å². The normalized spacial score (nSPS) is 10.2. The molecule has 0 radical (unpaired) electrons. The van der Waals surface area contributed by atoms with Gasteiger partial charge >= 0.3 is 0 Å². The van der Waals surface area contributed by atoms with E-state index in [1.54, 1.807) is 6.07 Å². The van der Waals surface area contributed by atoms with Crippen molar-refractivity contribution in [3.63, 3.8) is 0 Å². The Morgan fingerprint density at radius 1 is 1.15 bits per heavy atom. The maximum atomic E-state index is 13.1. The molecule has 0 saturated carbocycles. The number of aryl methyl sites for hydroxylation is 1. The van der Waals surface area contributed by atoms with Crippen molar-refractivity contribution < 1.29 is 9.13 Å². The average Bonchev–Trinajstić information content (AvgIpc) is 2.45. The lowest BCUT2D eigenvalue weighted by Gasteiger charge is -2.10. The van der Waals surface area contributed by atoms with Crippen LogP contribution in [-0.4, -0.2) is 11.6 Å². The molecule has 0 aromatic heterocycles. The Kier molecular flexibility index (Phi) is 5.07. The van der Waals surface area contributed by atoms with Gasteiger partial charge in [0.1, 0.15) is 16.6 Å². The summed E-state index contributed by atoms with van der Waals surface area (Å²) in [5.74, 6) is 0.163. The Hall–Kier alpha value is -1.94. The molecule has 0 fully saturated rings. The number of ether oxygens (including phenoxy) is 1. The van der Waals surface area contributed by atoms with Gasteiger partial charge in [-0.2, -0.15) is 0 Å². The van der Waals surface area contributed by atoms with Gasteiger partial charge in [-0.1, -0.05) is 42.5 Å². The number of halogens is 1. The first-order valence-corrected chi connectivity index (χ1v) is 6.84. The standard InChI is InChI=1S/C16H16FNOS/c17-13-8-9-15(14(11-13)16(18)20)19-10-4-7-12-5-2-1-3-6-12/h1-3,5-6,8-9,11H,4,7,10H2,(H2,18,20). The lowest BCUT2D eigenvalue weighted by molar-refractivity contribution is 0.310. The van der Waals surface area contributed by atoms with Crippen molar-refractivity contribution in [2.45, 2.75) is 12.8 Å². The first-order chi connectivity index (χ1) is 9.66. The predicted octanol–water partition coefficient (Wildman–Crippen LogP) is 3.47.